The summed E-state index contributed by atoms with van der Waals surface area (Å²) in [6.45, 7) is 9.45. The van der Waals surface area contributed by atoms with Gasteiger partial charge in [-0.3, -0.25) is 4.99 Å². The Labute approximate surface area is 180 Å². The monoisotopic (exact) mass is 484 g/mol. The zero-order valence-electron chi connectivity index (χ0n) is 16.9. The number of rotatable bonds is 8. The fourth-order valence-electron chi connectivity index (χ4n) is 2.68. The summed E-state index contributed by atoms with van der Waals surface area (Å²) in [5, 5.41) is 14.4. The highest BCUT2D eigenvalue weighted by molar-refractivity contribution is 14.0. The standard InChI is InChI=1S/C20H32N6.HI/c1-20(2,3)18-9-7-17(8-10-18)11-13-23-19(21-4)22-12-5-6-14-26-15-24-25-16-26;/h7-10,15-16H,5-6,11-14H2,1-4H3,(H2,21,22,23);1H. The van der Waals surface area contributed by atoms with Gasteiger partial charge in [-0.25, -0.2) is 0 Å². The van der Waals surface area contributed by atoms with Crippen LogP contribution in [0.15, 0.2) is 41.9 Å². The predicted octanol–water partition coefficient (Wildman–Crippen LogP) is 3.38. The molecular weight excluding hydrogens is 451 g/mol. The van der Waals surface area contributed by atoms with Crippen molar-refractivity contribution in [1.82, 2.24) is 25.4 Å². The number of guanidine groups is 1. The minimum absolute atomic E-state index is 0. The van der Waals surface area contributed by atoms with Crippen LogP contribution in [0.1, 0.15) is 44.7 Å². The van der Waals surface area contributed by atoms with E-state index in [4.69, 9.17) is 0 Å². The van der Waals surface area contributed by atoms with Gasteiger partial charge in [0, 0.05) is 26.7 Å². The summed E-state index contributed by atoms with van der Waals surface area (Å²) in [5.74, 6) is 0.862. The summed E-state index contributed by atoms with van der Waals surface area (Å²) in [7, 11) is 1.81. The van der Waals surface area contributed by atoms with Gasteiger partial charge in [0.1, 0.15) is 12.7 Å². The van der Waals surface area contributed by atoms with Crippen LogP contribution in [-0.2, 0) is 18.4 Å². The average molecular weight is 484 g/mol. The van der Waals surface area contributed by atoms with Crippen molar-refractivity contribution < 1.29 is 0 Å². The lowest BCUT2D eigenvalue weighted by Crippen LogP contribution is -2.38. The molecule has 0 atom stereocenters. The Morgan fingerprint density at radius 2 is 1.63 bits per heavy atom. The Morgan fingerprint density at radius 3 is 2.22 bits per heavy atom. The van der Waals surface area contributed by atoms with Gasteiger partial charge in [0.2, 0.25) is 0 Å². The Bertz CT molecular complexity index is 659. The number of hydrogen-bond acceptors (Lipinski definition) is 3. The van der Waals surface area contributed by atoms with E-state index in [2.05, 4.69) is 70.9 Å². The lowest BCUT2D eigenvalue weighted by molar-refractivity contribution is 0.590. The topological polar surface area (TPSA) is 67.1 Å². The molecular formula is C20H33IN6. The molecule has 0 aliphatic heterocycles. The van der Waals surface area contributed by atoms with Crippen LogP contribution in [0.5, 0.6) is 0 Å². The second-order valence-electron chi connectivity index (χ2n) is 7.53. The van der Waals surface area contributed by atoms with Gasteiger partial charge in [-0.15, -0.1) is 34.2 Å². The number of aryl methyl sites for hydroxylation is 1. The van der Waals surface area contributed by atoms with Gasteiger partial charge in [0.25, 0.3) is 0 Å². The van der Waals surface area contributed by atoms with E-state index in [-0.39, 0.29) is 29.4 Å². The molecule has 0 radical (unpaired) electrons. The molecule has 1 aromatic carbocycles. The maximum absolute atomic E-state index is 4.28. The molecule has 0 aliphatic rings. The molecule has 1 aromatic heterocycles. The molecule has 0 aliphatic carbocycles. The van der Waals surface area contributed by atoms with Crippen LogP contribution in [0.3, 0.4) is 0 Å². The van der Waals surface area contributed by atoms with Gasteiger partial charge in [-0.1, -0.05) is 45.0 Å². The highest BCUT2D eigenvalue weighted by atomic mass is 127. The van der Waals surface area contributed by atoms with E-state index in [9.17, 15) is 0 Å². The number of nitrogens with one attached hydrogen (secondary N) is 2. The molecule has 1 heterocycles. The second kappa shape index (κ2) is 11.9. The van der Waals surface area contributed by atoms with Crippen molar-refractivity contribution in [3.63, 3.8) is 0 Å². The summed E-state index contributed by atoms with van der Waals surface area (Å²) < 4.78 is 2.00. The minimum atomic E-state index is 0. The molecule has 0 fully saturated rings. The molecule has 27 heavy (non-hydrogen) atoms. The van der Waals surface area contributed by atoms with Crippen LogP contribution in [0.25, 0.3) is 0 Å². The van der Waals surface area contributed by atoms with Crippen LogP contribution in [0, 0.1) is 0 Å². The molecule has 0 unspecified atom stereocenters. The highest BCUT2D eigenvalue weighted by Gasteiger charge is 2.12. The van der Waals surface area contributed by atoms with Crippen LogP contribution in [0.4, 0.5) is 0 Å². The third kappa shape index (κ3) is 8.73. The summed E-state index contributed by atoms with van der Waals surface area (Å²) in [4.78, 5) is 4.28. The Morgan fingerprint density at radius 1 is 1.00 bits per heavy atom. The first-order valence-corrected chi connectivity index (χ1v) is 9.35. The molecule has 7 heteroatoms. The summed E-state index contributed by atoms with van der Waals surface area (Å²) in [5.41, 5.74) is 2.92. The van der Waals surface area contributed by atoms with E-state index in [1.165, 1.54) is 11.1 Å². The normalized spacial score (nSPS) is 11.8. The Hall–Kier alpha value is -1.64. The molecule has 2 aromatic rings. The second-order valence-corrected chi connectivity index (χ2v) is 7.53. The quantitative estimate of drug-likeness (QED) is 0.261. The van der Waals surface area contributed by atoms with Gasteiger partial charge < -0.3 is 15.2 Å². The molecule has 0 saturated carbocycles. The molecule has 0 amide bonds. The number of nitrogens with zero attached hydrogens (tertiary/aromatic N) is 4. The van der Waals surface area contributed by atoms with E-state index in [0.29, 0.717) is 0 Å². The van der Waals surface area contributed by atoms with Crippen LogP contribution >= 0.6 is 24.0 Å². The third-order valence-electron chi connectivity index (χ3n) is 4.35. The van der Waals surface area contributed by atoms with E-state index >= 15 is 0 Å². The number of aliphatic imine (C=N–C) groups is 1. The van der Waals surface area contributed by atoms with E-state index in [1.54, 1.807) is 12.7 Å². The first-order valence-electron chi connectivity index (χ1n) is 9.35. The minimum Gasteiger partial charge on any atom is -0.356 e. The van der Waals surface area contributed by atoms with Crippen molar-refractivity contribution in [3.05, 3.63) is 48.0 Å². The highest BCUT2D eigenvalue weighted by Crippen LogP contribution is 2.22. The van der Waals surface area contributed by atoms with Gasteiger partial charge >= 0.3 is 0 Å². The molecule has 2 N–H and O–H groups in total. The summed E-state index contributed by atoms with van der Waals surface area (Å²) >= 11 is 0. The molecule has 150 valence electrons. The van der Waals surface area contributed by atoms with Crippen molar-refractivity contribution in [2.45, 2.75) is 52.0 Å². The fourth-order valence-corrected chi connectivity index (χ4v) is 2.68. The number of hydrogen-bond donors (Lipinski definition) is 2. The SMILES string of the molecule is CN=C(NCCCCn1cnnc1)NCCc1ccc(C(C)(C)C)cc1.I. The maximum Gasteiger partial charge on any atom is 0.190 e. The third-order valence-corrected chi connectivity index (χ3v) is 4.35. The van der Waals surface area contributed by atoms with Crippen molar-refractivity contribution in [1.29, 1.82) is 0 Å². The maximum atomic E-state index is 4.28. The summed E-state index contributed by atoms with van der Waals surface area (Å²) in [6, 6.07) is 8.92. The fraction of sp³-hybridized carbons (Fsp3) is 0.550. The predicted molar refractivity (Wildman–Crippen MR) is 123 cm³/mol. The van der Waals surface area contributed by atoms with E-state index < -0.39 is 0 Å². The van der Waals surface area contributed by atoms with Crippen molar-refractivity contribution >= 4 is 29.9 Å². The largest absolute Gasteiger partial charge is 0.356 e. The van der Waals surface area contributed by atoms with Crippen molar-refractivity contribution in [3.8, 4) is 0 Å². The number of benzene rings is 1. The number of aromatic nitrogens is 3. The van der Waals surface area contributed by atoms with E-state index in [1.807, 2.05) is 11.6 Å². The van der Waals surface area contributed by atoms with Crippen molar-refractivity contribution in [2.75, 3.05) is 20.1 Å². The lowest BCUT2D eigenvalue weighted by Gasteiger charge is -2.19. The molecule has 0 spiro atoms. The Balaban J connectivity index is 0.00000364. The average Bonchev–Trinajstić information content (AvgIpc) is 3.13. The zero-order chi connectivity index (χ0) is 18.8. The molecule has 0 saturated heterocycles. The molecule has 0 bridgehead atoms. The Kier molecular flexibility index (Phi) is 10.4. The van der Waals surface area contributed by atoms with Gasteiger partial charge in [0.05, 0.1) is 0 Å². The lowest BCUT2D eigenvalue weighted by atomic mass is 9.86. The molecule has 2 rings (SSSR count). The van der Waals surface area contributed by atoms with Gasteiger partial charge in [-0.2, -0.15) is 0 Å². The van der Waals surface area contributed by atoms with Crippen molar-refractivity contribution in [2.24, 2.45) is 4.99 Å². The smallest absolute Gasteiger partial charge is 0.190 e. The van der Waals surface area contributed by atoms with Crippen LogP contribution in [0.2, 0.25) is 0 Å². The number of unbranched alkanes of at least 4 members (excludes halogenated alkanes) is 1. The summed E-state index contributed by atoms with van der Waals surface area (Å²) in [6.07, 6.45) is 6.65. The number of halogens is 1. The van der Waals surface area contributed by atoms with E-state index in [0.717, 1.165) is 44.9 Å². The van der Waals surface area contributed by atoms with Gasteiger partial charge in [0.15, 0.2) is 5.96 Å². The van der Waals surface area contributed by atoms with Crippen LogP contribution in [-0.4, -0.2) is 40.9 Å². The molecule has 6 nitrogen and oxygen atoms in total. The van der Waals surface area contributed by atoms with Crippen LogP contribution < -0.4 is 10.6 Å². The zero-order valence-corrected chi connectivity index (χ0v) is 19.2. The first kappa shape index (κ1) is 23.4. The van der Waals surface area contributed by atoms with Gasteiger partial charge in [-0.05, 0) is 35.8 Å². The first-order chi connectivity index (χ1) is 12.5.